The standard InChI is InChI=1S/C15H10IN3O/c16-11-3-1-2-4-12(11)19-15(20)10-5-6-13-14(9-10)18-8-7-17-13/h1-9H,(H,19,20). The number of fused-ring (bicyclic) bond motifs is 1. The number of nitrogens with one attached hydrogen (secondary N) is 1. The Kier molecular flexibility index (Phi) is 3.60. The predicted octanol–water partition coefficient (Wildman–Crippen LogP) is 3.49. The lowest BCUT2D eigenvalue weighted by atomic mass is 10.1. The van der Waals surface area contributed by atoms with Gasteiger partial charge in [0, 0.05) is 21.5 Å². The normalized spacial score (nSPS) is 10.4. The number of para-hydroxylation sites is 1. The molecular weight excluding hydrogens is 365 g/mol. The molecule has 0 aliphatic rings. The first-order chi connectivity index (χ1) is 9.74. The van der Waals surface area contributed by atoms with E-state index in [-0.39, 0.29) is 5.91 Å². The number of carbonyl (C=O) groups excluding carboxylic acids is 1. The summed E-state index contributed by atoms with van der Waals surface area (Å²) in [6, 6.07) is 12.9. The van der Waals surface area contributed by atoms with Crippen molar-refractivity contribution in [3.05, 3.63) is 64.0 Å². The number of carbonyl (C=O) groups is 1. The molecule has 98 valence electrons. The maximum Gasteiger partial charge on any atom is 0.255 e. The van der Waals surface area contributed by atoms with E-state index in [1.54, 1.807) is 30.6 Å². The van der Waals surface area contributed by atoms with Crippen LogP contribution in [0.1, 0.15) is 10.4 Å². The zero-order valence-electron chi connectivity index (χ0n) is 10.4. The van der Waals surface area contributed by atoms with E-state index in [9.17, 15) is 4.79 Å². The molecule has 0 aliphatic heterocycles. The monoisotopic (exact) mass is 375 g/mol. The van der Waals surface area contributed by atoms with Gasteiger partial charge < -0.3 is 5.32 Å². The van der Waals surface area contributed by atoms with Crippen LogP contribution in [0.2, 0.25) is 0 Å². The molecule has 4 nitrogen and oxygen atoms in total. The SMILES string of the molecule is O=C(Nc1ccccc1I)c1ccc2nccnc2c1. The number of hydrogen-bond acceptors (Lipinski definition) is 3. The van der Waals surface area contributed by atoms with Gasteiger partial charge in [0.25, 0.3) is 5.91 Å². The van der Waals surface area contributed by atoms with E-state index in [1.807, 2.05) is 24.3 Å². The molecule has 0 aliphatic carbocycles. The Morgan fingerprint density at radius 2 is 1.75 bits per heavy atom. The Bertz CT molecular complexity index is 789. The molecule has 1 aromatic heterocycles. The van der Waals surface area contributed by atoms with Gasteiger partial charge >= 0.3 is 0 Å². The largest absolute Gasteiger partial charge is 0.321 e. The van der Waals surface area contributed by atoms with Gasteiger partial charge in [-0.05, 0) is 52.9 Å². The molecule has 1 amide bonds. The number of benzene rings is 2. The van der Waals surface area contributed by atoms with Gasteiger partial charge in [-0.25, -0.2) is 0 Å². The maximum atomic E-state index is 12.2. The lowest BCUT2D eigenvalue weighted by Crippen LogP contribution is -2.12. The zero-order valence-corrected chi connectivity index (χ0v) is 12.5. The summed E-state index contributed by atoms with van der Waals surface area (Å²) >= 11 is 2.19. The van der Waals surface area contributed by atoms with E-state index >= 15 is 0 Å². The number of anilines is 1. The minimum Gasteiger partial charge on any atom is -0.321 e. The third kappa shape index (κ3) is 2.62. The molecule has 3 rings (SSSR count). The molecule has 0 saturated carbocycles. The lowest BCUT2D eigenvalue weighted by molar-refractivity contribution is 0.102. The molecule has 0 atom stereocenters. The first-order valence-electron chi connectivity index (χ1n) is 6.01. The van der Waals surface area contributed by atoms with Gasteiger partial charge in [-0.3, -0.25) is 14.8 Å². The first-order valence-corrected chi connectivity index (χ1v) is 7.08. The predicted molar refractivity (Wildman–Crippen MR) is 86.7 cm³/mol. The van der Waals surface area contributed by atoms with Gasteiger partial charge in [-0.1, -0.05) is 12.1 Å². The first kappa shape index (κ1) is 13.0. The average molecular weight is 375 g/mol. The fraction of sp³-hybridized carbons (Fsp3) is 0. The molecule has 3 aromatic rings. The number of halogens is 1. The van der Waals surface area contributed by atoms with Crippen molar-refractivity contribution in [2.45, 2.75) is 0 Å². The molecule has 0 radical (unpaired) electrons. The van der Waals surface area contributed by atoms with Gasteiger partial charge in [0.2, 0.25) is 0 Å². The van der Waals surface area contributed by atoms with Crippen LogP contribution in [0.25, 0.3) is 11.0 Å². The highest BCUT2D eigenvalue weighted by Gasteiger charge is 2.09. The Balaban J connectivity index is 1.91. The van der Waals surface area contributed by atoms with Crippen molar-refractivity contribution in [2.75, 3.05) is 5.32 Å². The molecule has 5 heteroatoms. The second-order valence-corrected chi connectivity index (χ2v) is 5.36. The quantitative estimate of drug-likeness (QED) is 0.698. The number of aromatic nitrogens is 2. The van der Waals surface area contributed by atoms with E-state index in [2.05, 4.69) is 37.9 Å². The van der Waals surface area contributed by atoms with Crippen LogP contribution in [-0.2, 0) is 0 Å². The van der Waals surface area contributed by atoms with Crippen molar-refractivity contribution in [3.8, 4) is 0 Å². The van der Waals surface area contributed by atoms with Gasteiger partial charge in [0.05, 0.1) is 16.7 Å². The Morgan fingerprint density at radius 1 is 1.00 bits per heavy atom. The number of rotatable bonds is 2. The minimum atomic E-state index is -0.151. The van der Waals surface area contributed by atoms with Crippen molar-refractivity contribution < 1.29 is 4.79 Å². The van der Waals surface area contributed by atoms with Gasteiger partial charge in [0.1, 0.15) is 0 Å². The summed E-state index contributed by atoms with van der Waals surface area (Å²) in [4.78, 5) is 20.6. The summed E-state index contributed by atoms with van der Waals surface area (Å²) in [5.74, 6) is -0.151. The van der Waals surface area contributed by atoms with Crippen LogP contribution < -0.4 is 5.32 Å². The van der Waals surface area contributed by atoms with Crippen LogP contribution in [0.3, 0.4) is 0 Å². The third-order valence-electron chi connectivity index (χ3n) is 2.85. The van der Waals surface area contributed by atoms with Crippen LogP contribution in [0.15, 0.2) is 54.9 Å². The number of hydrogen-bond donors (Lipinski definition) is 1. The van der Waals surface area contributed by atoms with Crippen LogP contribution in [0, 0.1) is 3.57 Å². The van der Waals surface area contributed by atoms with Crippen molar-refractivity contribution in [1.82, 2.24) is 9.97 Å². The van der Waals surface area contributed by atoms with Crippen molar-refractivity contribution in [2.24, 2.45) is 0 Å². The third-order valence-corrected chi connectivity index (χ3v) is 3.79. The highest BCUT2D eigenvalue weighted by Crippen LogP contribution is 2.18. The van der Waals surface area contributed by atoms with Crippen LogP contribution in [0.5, 0.6) is 0 Å². The van der Waals surface area contributed by atoms with Crippen molar-refractivity contribution in [3.63, 3.8) is 0 Å². The molecule has 20 heavy (non-hydrogen) atoms. The van der Waals surface area contributed by atoms with Crippen LogP contribution in [0.4, 0.5) is 5.69 Å². The van der Waals surface area contributed by atoms with Crippen molar-refractivity contribution in [1.29, 1.82) is 0 Å². The van der Waals surface area contributed by atoms with E-state index < -0.39 is 0 Å². The highest BCUT2D eigenvalue weighted by molar-refractivity contribution is 14.1. The van der Waals surface area contributed by atoms with Crippen molar-refractivity contribution >= 4 is 45.2 Å². The molecule has 2 aromatic carbocycles. The van der Waals surface area contributed by atoms with Crippen LogP contribution in [-0.4, -0.2) is 15.9 Å². The van der Waals surface area contributed by atoms with Gasteiger partial charge in [-0.15, -0.1) is 0 Å². The van der Waals surface area contributed by atoms with E-state index in [0.29, 0.717) is 11.1 Å². The van der Waals surface area contributed by atoms with Gasteiger partial charge in [0.15, 0.2) is 0 Å². The lowest BCUT2D eigenvalue weighted by Gasteiger charge is -2.07. The summed E-state index contributed by atoms with van der Waals surface area (Å²) in [5.41, 5.74) is 2.86. The minimum absolute atomic E-state index is 0.151. The smallest absolute Gasteiger partial charge is 0.255 e. The van der Waals surface area contributed by atoms with Crippen LogP contribution >= 0.6 is 22.6 Å². The van der Waals surface area contributed by atoms with E-state index in [4.69, 9.17) is 0 Å². The summed E-state index contributed by atoms with van der Waals surface area (Å²) in [6.45, 7) is 0. The summed E-state index contributed by atoms with van der Waals surface area (Å²) in [5, 5.41) is 2.90. The van der Waals surface area contributed by atoms with Gasteiger partial charge in [-0.2, -0.15) is 0 Å². The second kappa shape index (κ2) is 5.54. The molecule has 1 heterocycles. The zero-order chi connectivity index (χ0) is 13.9. The molecule has 1 N–H and O–H groups in total. The number of nitrogens with zero attached hydrogens (tertiary/aromatic N) is 2. The molecular formula is C15H10IN3O. The summed E-state index contributed by atoms with van der Waals surface area (Å²) < 4.78 is 0.999. The fourth-order valence-electron chi connectivity index (χ4n) is 1.86. The average Bonchev–Trinajstić information content (AvgIpc) is 2.49. The topological polar surface area (TPSA) is 54.9 Å². The molecule has 0 bridgehead atoms. The molecule has 0 spiro atoms. The summed E-state index contributed by atoms with van der Waals surface area (Å²) in [6.07, 6.45) is 3.25. The fourth-order valence-corrected chi connectivity index (χ4v) is 2.38. The number of amides is 1. The summed E-state index contributed by atoms with van der Waals surface area (Å²) in [7, 11) is 0. The Hall–Kier alpha value is -2.02. The Labute approximate surface area is 129 Å². The van der Waals surface area contributed by atoms with E-state index in [0.717, 1.165) is 14.8 Å². The maximum absolute atomic E-state index is 12.2. The molecule has 0 unspecified atom stereocenters. The molecule has 0 fully saturated rings. The van der Waals surface area contributed by atoms with E-state index in [1.165, 1.54) is 0 Å². The second-order valence-electron chi connectivity index (χ2n) is 4.19. The molecule has 0 saturated heterocycles. The highest BCUT2D eigenvalue weighted by atomic mass is 127. The Morgan fingerprint density at radius 3 is 2.55 bits per heavy atom.